The summed E-state index contributed by atoms with van der Waals surface area (Å²) in [5.41, 5.74) is 1.10. The second-order valence-corrected chi connectivity index (χ2v) is 4.73. The molecule has 0 saturated carbocycles. The lowest BCUT2D eigenvalue weighted by Crippen LogP contribution is -2.06. The first-order chi connectivity index (χ1) is 7.51. The summed E-state index contributed by atoms with van der Waals surface area (Å²) in [4.78, 5) is 5.21. The number of rotatable bonds is 4. The van der Waals surface area contributed by atoms with Crippen LogP contribution in [0.2, 0.25) is 0 Å². The van der Waals surface area contributed by atoms with Gasteiger partial charge in [-0.2, -0.15) is 0 Å². The molecule has 3 heteroatoms. The summed E-state index contributed by atoms with van der Waals surface area (Å²) in [7, 11) is 1.65. The van der Waals surface area contributed by atoms with Gasteiger partial charge in [0.15, 0.2) is 0 Å². The first kappa shape index (κ1) is 12.6. The van der Waals surface area contributed by atoms with Crippen LogP contribution in [0.15, 0.2) is 29.4 Å². The van der Waals surface area contributed by atoms with Gasteiger partial charge in [-0.3, -0.25) is 0 Å². The van der Waals surface area contributed by atoms with E-state index in [1.807, 2.05) is 24.3 Å². The highest BCUT2D eigenvalue weighted by atomic mass is 16.6. The average Bonchev–Trinajstić information content (AvgIpc) is 2.23. The van der Waals surface area contributed by atoms with Crippen molar-refractivity contribution in [2.45, 2.75) is 27.4 Å². The molecule has 0 heterocycles. The van der Waals surface area contributed by atoms with Crippen LogP contribution < -0.4 is 4.74 Å². The van der Waals surface area contributed by atoms with Crippen molar-refractivity contribution in [2.24, 2.45) is 10.6 Å². The predicted molar refractivity (Wildman–Crippen MR) is 65.7 cm³/mol. The van der Waals surface area contributed by atoms with Gasteiger partial charge in [0.25, 0.3) is 0 Å². The third kappa shape index (κ3) is 4.82. The molecule has 0 N–H and O–H groups in total. The van der Waals surface area contributed by atoms with Crippen LogP contribution in [-0.2, 0) is 11.4 Å². The van der Waals surface area contributed by atoms with Gasteiger partial charge in [-0.1, -0.05) is 38.1 Å². The molecule has 0 aliphatic carbocycles. The first-order valence-electron chi connectivity index (χ1n) is 5.31. The van der Waals surface area contributed by atoms with Gasteiger partial charge in [0.2, 0.25) is 0 Å². The van der Waals surface area contributed by atoms with Crippen LogP contribution in [0.5, 0.6) is 5.75 Å². The zero-order valence-corrected chi connectivity index (χ0v) is 10.4. The van der Waals surface area contributed by atoms with Crippen LogP contribution in [0, 0.1) is 5.41 Å². The molecular formula is C13H19NO2. The van der Waals surface area contributed by atoms with E-state index in [4.69, 9.17) is 9.57 Å². The van der Waals surface area contributed by atoms with Crippen molar-refractivity contribution in [3.63, 3.8) is 0 Å². The Morgan fingerprint density at radius 2 is 2.06 bits per heavy atom. The number of hydrogen-bond acceptors (Lipinski definition) is 3. The van der Waals surface area contributed by atoms with Crippen molar-refractivity contribution in [1.82, 2.24) is 0 Å². The van der Waals surface area contributed by atoms with Crippen molar-refractivity contribution in [1.29, 1.82) is 0 Å². The van der Waals surface area contributed by atoms with Crippen LogP contribution in [0.4, 0.5) is 0 Å². The normalized spacial score (nSPS) is 11.8. The second-order valence-electron chi connectivity index (χ2n) is 4.73. The Bertz CT molecular complexity index is 353. The van der Waals surface area contributed by atoms with E-state index >= 15 is 0 Å². The van der Waals surface area contributed by atoms with E-state index in [0.29, 0.717) is 6.61 Å². The summed E-state index contributed by atoms with van der Waals surface area (Å²) in [6, 6.07) is 7.76. The molecule has 0 spiro atoms. The third-order valence-electron chi connectivity index (χ3n) is 1.88. The number of nitrogens with zero attached hydrogens (tertiary/aromatic N) is 1. The van der Waals surface area contributed by atoms with E-state index in [2.05, 4.69) is 25.9 Å². The SMILES string of the molecule is COc1cccc(CO/N=C/C(C)(C)C)c1. The van der Waals surface area contributed by atoms with Gasteiger partial charge in [-0.25, -0.2) is 0 Å². The second kappa shape index (κ2) is 5.54. The molecule has 1 rings (SSSR count). The summed E-state index contributed by atoms with van der Waals surface area (Å²) in [6.07, 6.45) is 1.80. The Morgan fingerprint density at radius 3 is 2.69 bits per heavy atom. The van der Waals surface area contributed by atoms with Crippen LogP contribution in [0.3, 0.4) is 0 Å². The quantitative estimate of drug-likeness (QED) is 0.577. The maximum absolute atomic E-state index is 5.21. The monoisotopic (exact) mass is 221 g/mol. The molecule has 0 radical (unpaired) electrons. The topological polar surface area (TPSA) is 30.8 Å². The number of oxime groups is 1. The standard InChI is InChI=1S/C13H19NO2/c1-13(2,3)10-14-16-9-11-6-5-7-12(8-11)15-4/h5-8,10H,9H2,1-4H3/b14-10+. The van der Waals surface area contributed by atoms with E-state index < -0.39 is 0 Å². The summed E-state index contributed by atoms with van der Waals surface area (Å²) >= 11 is 0. The van der Waals surface area contributed by atoms with E-state index in [9.17, 15) is 0 Å². The fraction of sp³-hybridized carbons (Fsp3) is 0.462. The Balaban J connectivity index is 2.46. The molecule has 0 fully saturated rings. The predicted octanol–water partition coefficient (Wildman–Crippen LogP) is 3.24. The van der Waals surface area contributed by atoms with Crippen LogP contribution in [0.25, 0.3) is 0 Å². The van der Waals surface area contributed by atoms with Crippen molar-refractivity contribution in [3.8, 4) is 5.75 Å². The third-order valence-corrected chi connectivity index (χ3v) is 1.88. The van der Waals surface area contributed by atoms with Gasteiger partial charge in [0.05, 0.1) is 7.11 Å². The fourth-order valence-corrected chi connectivity index (χ4v) is 1.07. The number of ether oxygens (including phenoxy) is 1. The largest absolute Gasteiger partial charge is 0.497 e. The minimum Gasteiger partial charge on any atom is -0.497 e. The van der Waals surface area contributed by atoms with Gasteiger partial charge in [-0.05, 0) is 17.7 Å². The van der Waals surface area contributed by atoms with Gasteiger partial charge in [0, 0.05) is 11.6 Å². The summed E-state index contributed by atoms with van der Waals surface area (Å²) in [6.45, 7) is 6.69. The molecule has 0 saturated heterocycles. The molecule has 0 amide bonds. The van der Waals surface area contributed by atoms with Crippen LogP contribution >= 0.6 is 0 Å². The lowest BCUT2D eigenvalue weighted by molar-refractivity contribution is 0.129. The van der Waals surface area contributed by atoms with Crippen molar-refractivity contribution in [2.75, 3.05) is 7.11 Å². The van der Waals surface area contributed by atoms with E-state index in [0.717, 1.165) is 11.3 Å². The van der Waals surface area contributed by atoms with E-state index in [1.54, 1.807) is 13.3 Å². The molecule has 0 atom stereocenters. The smallest absolute Gasteiger partial charge is 0.142 e. The van der Waals surface area contributed by atoms with Crippen molar-refractivity contribution >= 4 is 6.21 Å². The van der Waals surface area contributed by atoms with Gasteiger partial charge in [-0.15, -0.1) is 0 Å². The highest BCUT2D eigenvalue weighted by molar-refractivity contribution is 5.63. The van der Waals surface area contributed by atoms with Crippen molar-refractivity contribution in [3.05, 3.63) is 29.8 Å². The fourth-order valence-electron chi connectivity index (χ4n) is 1.07. The first-order valence-corrected chi connectivity index (χ1v) is 5.31. The zero-order chi connectivity index (χ0) is 12.0. The minimum absolute atomic E-state index is 0.0500. The zero-order valence-electron chi connectivity index (χ0n) is 10.4. The Kier molecular flexibility index (Phi) is 4.35. The minimum atomic E-state index is 0.0500. The molecule has 88 valence electrons. The lowest BCUT2D eigenvalue weighted by Gasteiger charge is -2.09. The summed E-state index contributed by atoms with van der Waals surface area (Å²) < 4.78 is 5.12. The lowest BCUT2D eigenvalue weighted by atomic mass is 10.00. The molecule has 3 nitrogen and oxygen atoms in total. The maximum atomic E-state index is 5.21. The molecule has 0 bridgehead atoms. The van der Waals surface area contributed by atoms with Crippen LogP contribution in [0.1, 0.15) is 26.3 Å². The number of hydrogen-bond donors (Lipinski definition) is 0. The molecule has 0 aliphatic heterocycles. The summed E-state index contributed by atoms with van der Waals surface area (Å²) in [5, 5.41) is 3.93. The molecular weight excluding hydrogens is 202 g/mol. The van der Waals surface area contributed by atoms with Gasteiger partial charge < -0.3 is 9.57 Å². The van der Waals surface area contributed by atoms with E-state index in [1.165, 1.54) is 0 Å². The average molecular weight is 221 g/mol. The molecule has 1 aromatic carbocycles. The van der Waals surface area contributed by atoms with Crippen LogP contribution in [-0.4, -0.2) is 13.3 Å². The molecule has 1 aromatic rings. The maximum Gasteiger partial charge on any atom is 0.142 e. The number of methoxy groups -OCH3 is 1. The Morgan fingerprint density at radius 1 is 1.31 bits per heavy atom. The molecule has 0 unspecified atom stereocenters. The van der Waals surface area contributed by atoms with Gasteiger partial charge in [0.1, 0.15) is 12.4 Å². The molecule has 0 aliphatic rings. The Hall–Kier alpha value is -1.51. The molecule has 16 heavy (non-hydrogen) atoms. The number of benzene rings is 1. The molecule has 0 aromatic heterocycles. The highest BCUT2D eigenvalue weighted by Gasteiger charge is 2.05. The summed E-state index contributed by atoms with van der Waals surface area (Å²) in [5.74, 6) is 0.834. The van der Waals surface area contributed by atoms with E-state index in [-0.39, 0.29) is 5.41 Å². The van der Waals surface area contributed by atoms with Crippen molar-refractivity contribution < 1.29 is 9.57 Å². The Labute approximate surface area is 97.1 Å². The highest BCUT2D eigenvalue weighted by Crippen LogP contribution is 2.13. The van der Waals surface area contributed by atoms with Gasteiger partial charge >= 0.3 is 0 Å².